The van der Waals surface area contributed by atoms with E-state index in [1.807, 2.05) is 6.07 Å². The quantitative estimate of drug-likeness (QED) is 0.599. The SMILES string of the molecule is CC(=O)Nc1ccc(CC(=O)OCC(=O)N(CC#N)c2ccccc2)cc1. The average Bonchev–Trinajstić information content (AvgIpc) is 2.66. The van der Waals surface area contributed by atoms with Crippen LogP contribution in [0.3, 0.4) is 0 Å². The van der Waals surface area contributed by atoms with Gasteiger partial charge in [-0.25, -0.2) is 0 Å². The average molecular weight is 365 g/mol. The topological polar surface area (TPSA) is 99.5 Å². The summed E-state index contributed by atoms with van der Waals surface area (Å²) in [5.74, 6) is -1.21. The first kappa shape index (κ1) is 19.7. The number of benzene rings is 2. The Morgan fingerprint density at radius 1 is 1.07 bits per heavy atom. The number of nitrogens with zero attached hydrogens (tertiary/aromatic N) is 2. The summed E-state index contributed by atoms with van der Waals surface area (Å²) in [5.41, 5.74) is 1.89. The second kappa shape index (κ2) is 9.73. The number of nitrogens with one attached hydrogen (secondary N) is 1. The first-order chi connectivity index (χ1) is 13.0. The van der Waals surface area contributed by atoms with E-state index in [9.17, 15) is 14.4 Å². The summed E-state index contributed by atoms with van der Waals surface area (Å²) in [6.45, 7) is 0.831. The smallest absolute Gasteiger partial charge is 0.310 e. The Balaban J connectivity index is 1.89. The highest BCUT2D eigenvalue weighted by atomic mass is 16.5. The van der Waals surface area contributed by atoms with E-state index in [0.29, 0.717) is 16.9 Å². The van der Waals surface area contributed by atoms with Gasteiger partial charge in [0, 0.05) is 18.3 Å². The number of carbonyl (C=O) groups is 3. The molecule has 0 aromatic heterocycles. The molecule has 0 aliphatic rings. The highest BCUT2D eigenvalue weighted by Gasteiger charge is 2.17. The van der Waals surface area contributed by atoms with Crippen LogP contribution in [0.15, 0.2) is 54.6 Å². The van der Waals surface area contributed by atoms with Gasteiger partial charge >= 0.3 is 5.97 Å². The van der Waals surface area contributed by atoms with Crippen LogP contribution in [0.4, 0.5) is 11.4 Å². The number of ether oxygens (including phenoxy) is 1. The van der Waals surface area contributed by atoms with Crippen molar-refractivity contribution in [2.24, 2.45) is 0 Å². The van der Waals surface area contributed by atoms with Gasteiger partial charge in [0.05, 0.1) is 12.5 Å². The van der Waals surface area contributed by atoms with E-state index >= 15 is 0 Å². The van der Waals surface area contributed by atoms with E-state index < -0.39 is 18.5 Å². The van der Waals surface area contributed by atoms with E-state index in [1.54, 1.807) is 54.6 Å². The van der Waals surface area contributed by atoms with Crippen molar-refractivity contribution in [2.45, 2.75) is 13.3 Å². The number of nitriles is 1. The third kappa shape index (κ3) is 6.29. The molecule has 2 rings (SSSR count). The normalized spacial score (nSPS) is 9.78. The van der Waals surface area contributed by atoms with Crippen molar-refractivity contribution in [1.29, 1.82) is 5.26 Å². The predicted molar refractivity (Wildman–Crippen MR) is 99.8 cm³/mol. The number of carbonyl (C=O) groups excluding carboxylic acids is 3. The van der Waals surface area contributed by atoms with Crippen LogP contribution in [0, 0.1) is 11.3 Å². The Hall–Kier alpha value is -3.66. The van der Waals surface area contributed by atoms with E-state index in [-0.39, 0.29) is 18.9 Å². The zero-order valence-corrected chi connectivity index (χ0v) is 14.8. The van der Waals surface area contributed by atoms with Crippen molar-refractivity contribution in [1.82, 2.24) is 0 Å². The monoisotopic (exact) mass is 365 g/mol. The van der Waals surface area contributed by atoms with Gasteiger partial charge in [0.1, 0.15) is 6.54 Å². The van der Waals surface area contributed by atoms with Gasteiger partial charge in [-0.15, -0.1) is 0 Å². The molecule has 2 aromatic carbocycles. The van der Waals surface area contributed by atoms with Crippen LogP contribution in [-0.2, 0) is 25.5 Å². The molecule has 0 unspecified atom stereocenters. The maximum atomic E-state index is 12.3. The molecule has 7 nitrogen and oxygen atoms in total. The lowest BCUT2D eigenvalue weighted by atomic mass is 10.1. The minimum absolute atomic E-state index is 0.00276. The highest BCUT2D eigenvalue weighted by molar-refractivity contribution is 5.95. The molecule has 0 saturated carbocycles. The molecule has 1 N–H and O–H groups in total. The Morgan fingerprint density at radius 3 is 2.33 bits per heavy atom. The second-order valence-electron chi connectivity index (χ2n) is 5.69. The van der Waals surface area contributed by atoms with Gasteiger partial charge in [0.15, 0.2) is 6.61 Å². The van der Waals surface area contributed by atoms with E-state index in [0.717, 1.165) is 0 Å². The minimum Gasteiger partial charge on any atom is -0.455 e. The van der Waals surface area contributed by atoms with Crippen molar-refractivity contribution < 1.29 is 19.1 Å². The lowest BCUT2D eigenvalue weighted by Crippen LogP contribution is -2.35. The molecule has 0 atom stereocenters. The summed E-state index contributed by atoms with van der Waals surface area (Å²) in [4.78, 5) is 36.5. The summed E-state index contributed by atoms with van der Waals surface area (Å²) in [6.07, 6.45) is -0.00276. The number of anilines is 2. The molecule has 2 amide bonds. The van der Waals surface area contributed by atoms with Crippen molar-refractivity contribution in [2.75, 3.05) is 23.4 Å². The fraction of sp³-hybridized carbons (Fsp3) is 0.200. The predicted octanol–water partition coefficient (Wildman–Crippen LogP) is 2.29. The molecule has 7 heteroatoms. The van der Waals surface area contributed by atoms with Crippen molar-refractivity contribution in [3.63, 3.8) is 0 Å². The van der Waals surface area contributed by atoms with Gasteiger partial charge in [-0.2, -0.15) is 5.26 Å². The molecule has 0 aliphatic carbocycles. The van der Waals surface area contributed by atoms with Crippen molar-refractivity contribution >= 4 is 29.2 Å². The number of amides is 2. The second-order valence-corrected chi connectivity index (χ2v) is 5.69. The number of hydrogen-bond donors (Lipinski definition) is 1. The van der Waals surface area contributed by atoms with E-state index in [2.05, 4.69) is 5.32 Å². The van der Waals surface area contributed by atoms with Gasteiger partial charge in [0.25, 0.3) is 5.91 Å². The largest absolute Gasteiger partial charge is 0.455 e. The number of rotatable bonds is 7. The van der Waals surface area contributed by atoms with E-state index in [4.69, 9.17) is 10.00 Å². The lowest BCUT2D eigenvalue weighted by Gasteiger charge is -2.19. The fourth-order valence-electron chi connectivity index (χ4n) is 2.35. The summed E-state index contributed by atoms with van der Waals surface area (Å²) in [7, 11) is 0. The molecule has 27 heavy (non-hydrogen) atoms. The zero-order chi connectivity index (χ0) is 19.6. The Kier molecular flexibility index (Phi) is 7.08. The zero-order valence-electron chi connectivity index (χ0n) is 14.8. The standard InChI is InChI=1S/C20H19N3O4/c1-15(24)22-17-9-7-16(8-10-17)13-20(26)27-14-19(25)23(12-11-21)18-5-3-2-4-6-18/h2-10H,12-14H2,1H3,(H,22,24). The summed E-state index contributed by atoms with van der Waals surface area (Å²) in [6, 6.07) is 17.4. The Labute approximate surface area is 157 Å². The van der Waals surface area contributed by atoms with Crippen LogP contribution in [-0.4, -0.2) is 30.9 Å². The molecular formula is C20H19N3O4. The molecule has 2 aromatic rings. The van der Waals surface area contributed by atoms with Crippen LogP contribution in [0.5, 0.6) is 0 Å². The van der Waals surface area contributed by atoms with Gasteiger partial charge in [-0.1, -0.05) is 30.3 Å². The van der Waals surface area contributed by atoms with Crippen LogP contribution >= 0.6 is 0 Å². The Morgan fingerprint density at radius 2 is 1.74 bits per heavy atom. The molecule has 0 fully saturated rings. The minimum atomic E-state index is -0.555. The maximum absolute atomic E-state index is 12.3. The van der Waals surface area contributed by atoms with Crippen LogP contribution in [0.2, 0.25) is 0 Å². The van der Waals surface area contributed by atoms with E-state index in [1.165, 1.54) is 11.8 Å². The third-order valence-electron chi connectivity index (χ3n) is 3.58. The molecular weight excluding hydrogens is 346 g/mol. The van der Waals surface area contributed by atoms with Crippen LogP contribution in [0.25, 0.3) is 0 Å². The molecule has 0 aliphatic heterocycles. The van der Waals surface area contributed by atoms with Crippen LogP contribution in [0.1, 0.15) is 12.5 Å². The van der Waals surface area contributed by atoms with Gasteiger partial charge in [-0.05, 0) is 29.8 Å². The third-order valence-corrected chi connectivity index (χ3v) is 3.58. The highest BCUT2D eigenvalue weighted by Crippen LogP contribution is 2.14. The van der Waals surface area contributed by atoms with Crippen molar-refractivity contribution in [3.05, 3.63) is 60.2 Å². The van der Waals surface area contributed by atoms with Gasteiger partial charge in [-0.3, -0.25) is 19.3 Å². The summed E-state index contributed by atoms with van der Waals surface area (Å²) < 4.78 is 5.04. The van der Waals surface area contributed by atoms with Crippen LogP contribution < -0.4 is 10.2 Å². The first-order valence-corrected chi connectivity index (χ1v) is 8.24. The Bertz CT molecular complexity index is 842. The molecule has 0 spiro atoms. The summed E-state index contributed by atoms with van der Waals surface area (Å²) >= 11 is 0. The molecule has 138 valence electrons. The molecule has 0 heterocycles. The summed E-state index contributed by atoms with van der Waals surface area (Å²) in [5, 5.41) is 11.6. The molecule has 0 radical (unpaired) electrons. The van der Waals surface area contributed by atoms with Crippen molar-refractivity contribution in [3.8, 4) is 6.07 Å². The lowest BCUT2D eigenvalue weighted by molar-refractivity contribution is -0.147. The number of hydrogen-bond acceptors (Lipinski definition) is 5. The fourth-order valence-corrected chi connectivity index (χ4v) is 2.35. The number of esters is 1. The maximum Gasteiger partial charge on any atom is 0.310 e. The molecule has 0 bridgehead atoms. The number of para-hydroxylation sites is 1. The first-order valence-electron chi connectivity index (χ1n) is 8.24. The van der Waals surface area contributed by atoms with Gasteiger partial charge < -0.3 is 10.1 Å². The van der Waals surface area contributed by atoms with Gasteiger partial charge in [0.2, 0.25) is 5.91 Å². The molecule has 0 saturated heterocycles.